The SMILES string of the molecule is CCCn1c(SCCNS(=O)(=O)c2ccc(Br)cc2)nc(-c2ccc(OC)cc2)c1-c1ccc(OC)cc1. The molecular weight excluding hydrogens is 586 g/mol. The Morgan fingerprint density at radius 3 is 2.03 bits per heavy atom. The molecule has 1 aromatic heterocycles. The van der Waals surface area contributed by atoms with Gasteiger partial charge in [-0.1, -0.05) is 34.6 Å². The van der Waals surface area contributed by atoms with E-state index < -0.39 is 10.0 Å². The maximum Gasteiger partial charge on any atom is 0.240 e. The Morgan fingerprint density at radius 1 is 0.895 bits per heavy atom. The minimum Gasteiger partial charge on any atom is -0.497 e. The predicted molar refractivity (Wildman–Crippen MR) is 157 cm³/mol. The Balaban J connectivity index is 1.63. The normalized spacial score (nSPS) is 11.5. The molecule has 200 valence electrons. The Hall–Kier alpha value is -2.79. The molecule has 0 fully saturated rings. The topological polar surface area (TPSA) is 82.5 Å². The summed E-state index contributed by atoms with van der Waals surface area (Å²) in [6.45, 7) is 3.18. The molecule has 1 heterocycles. The van der Waals surface area contributed by atoms with Crippen LogP contribution >= 0.6 is 27.7 Å². The van der Waals surface area contributed by atoms with Gasteiger partial charge in [0.25, 0.3) is 0 Å². The van der Waals surface area contributed by atoms with Crippen LogP contribution in [0.3, 0.4) is 0 Å². The first-order valence-corrected chi connectivity index (χ1v) is 15.4. The van der Waals surface area contributed by atoms with E-state index in [4.69, 9.17) is 14.5 Å². The third kappa shape index (κ3) is 6.61. The van der Waals surface area contributed by atoms with Gasteiger partial charge in [0.2, 0.25) is 10.0 Å². The third-order valence-electron chi connectivity index (χ3n) is 5.86. The van der Waals surface area contributed by atoms with Gasteiger partial charge in [-0.3, -0.25) is 0 Å². The van der Waals surface area contributed by atoms with Gasteiger partial charge in [0, 0.05) is 34.4 Å². The third-order valence-corrected chi connectivity index (χ3v) is 8.84. The molecule has 0 saturated carbocycles. The molecule has 0 radical (unpaired) electrons. The van der Waals surface area contributed by atoms with Crippen LogP contribution in [-0.4, -0.2) is 44.5 Å². The lowest BCUT2D eigenvalue weighted by Gasteiger charge is -2.13. The van der Waals surface area contributed by atoms with Crippen molar-refractivity contribution in [3.8, 4) is 34.0 Å². The molecule has 0 aliphatic heterocycles. The van der Waals surface area contributed by atoms with E-state index in [1.165, 1.54) is 11.8 Å². The fraction of sp³-hybridized carbons (Fsp3) is 0.250. The Bertz CT molecular complexity index is 1450. The number of hydrogen-bond donors (Lipinski definition) is 1. The molecule has 0 aliphatic carbocycles. The van der Waals surface area contributed by atoms with Crippen molar-refractivity contribution >= 4 is 37.7 Å². The van der Waals surface area contributed by atoms with Crippen LogP contribution in [0, 0.1) is 0 Å². The van der Waals surface area contributed by atoms with Crippen LogP contribution in [0.15, 0.2) is 87.3 Å². The number of nitrogens with zero attached hydrogens (tertiary/aromatic N) is 2. The first-order valence-electron chi connectivity index (χ1n) is 12.1. The van der Waals surface area contributed by atoms with E-state index in [1.54, 1.807) is 38.5 Å². The van der Waals surface area contributed by atoms with Crippen LogP contribution < -0.4 is 14.2 Å². The number of methoxy groups -OCH3 is 2. The number of rotatable bonds is 12. The Kier molecular flexibility index (Phi) is 9.54. The fourth-order valence-electron chi connectivity index (χ4n) is 3.98. The molecule has 0 saturated heterocycles. The summed E-state index contributed by atoms with van der Waals surface area (Å²) < 4.78 is 41.8. The monoisotopic (exact) mass is 615 g/mol. The highest BCUT2D eigenvalue weighted by Gasteiger charge is 2.21. The van der Waals surface area contributed by atoms with Crippen molar-refractivity contribution in [3.63, 3.8) is 0 Å². The minimum atomic E-state index is -3.59. The number of nitrogens with one attached hydrogen (secondary N) is 1. The molecular formula is C28H30BrN3O4S2. The molecule has 0 aliphatic rings. The molecule has 0 amide bonds. The van der Waals surface area contributed by atoms with Crippen LogP contribution in [-0.2, 0) is 16.6 Å². The first kappa shape index (κ1) is 28.2. The number of benzene rings is 3. The number of halogens is 1. The van der Waals surface area contributed by atoms with Gasteiger partial charge in [0.15, 0.2) is 5.16 Å². The summed E-state index contributed by atoms with van der Waals surface area (Å²) in [5.41, 5.74) is 3.88. The van der Waals surface area contributed by atoms with E-state index in [1.807, 2.05) is 48.5 Å². The molecule has 1 N–H and O–H groups in total. The maximum absolute atomic E-state index is 12.7. The molecule has 3 aromatic carbocycles. The van der Waals surface area contributed by atoms with Crippen molar-refractivity contribution in [2.24, 2.45) is 0 Å². The van der Waals surface area contributed by atoms with Crippen molar-refractivity contribution in [2.75, 3.05) is 26.5 Å². The van der Waals surface area contributed by atoms with Crippen LogP contribution in [0.25, 0.3) is 22.5 Å². The second kappa shape index (κ2) is 12.8. The van der Waals surface area contributed by atoms with Crippen molar-refractivity contribution in [3.05, 3.63) is 77.3 Å². The lowest BCUT2D eigenvalue weighted by molar-refractivity contribution is 0.414. The van der Waals surface area contributed by atoms with Crippen LogP contribution in [0.5, 0.6) is 11.5 Å². The number of imidazole rings is 1. The van der Waals surface area contributed by atoms with Gasteiger partial charge in [-0.15, -0.1) is 0 Å². The molecule has 38 heavy (non-hydrogen) atoms. The minimum absolute atomic E-state index is 0.238. The number of thioether (sulfide) groups is 1. The smallest absolute Gasteiger partial charge is 0.240 e. The van der Waals surface area contributed by atoms with E-state index in [0.29, 0.717) is 5.75 Å². The second-order valence-corrected chi connectivity index (χ2v) is 12.1. The number of aromatic nitrogens is 2. The zero-order valence-electron chi connectivity index (χ0n) is 21.5. The second-order valence-electron chi connectivity index (χ2n) is 8.40. The highest BCUT2D eigenvalue weighted by Crippen LogP contribution is 2.37. The van der Waals surface area contributed by atoms with Crippen molar-refractivity contribution in [1.29, 1.82) is 0 Å². The molecule has 7 nitrogen and oxygen atoms in total. The molecule has 4 rings (SSSR count). The summed E-state index contributed by atoms with van der Waals surface area (Å²) in [7, 11) is -0.291. The fourth-order valence-corrected chi connectivity index (χ4v) is 6.29. The lowest BCUT2D eigenvalue weighted by Crippen LogP contribution is -2.26. The van der Waals surface area contributed by atoms with Gasteiger partial charge in [0.1, 0.15) is 11.5 Å². The van der Waals surface area contributed by atoms with Gasteiger partial charge in [0.05, 0.1) is 30.5 Å². The largest absolute Gasteiger partial charge is 0.497 e. The highest BCUT2D eigenvalue weighted by molar-refractivity contribution is 9.10. The number of ether oxygens (including phenoxy) is 2. The van der Waals surface area contributed by atoms with E-state index >= 15 is 0 Å². The zero-order chi connectivity index (χ0) is 27.1. The van der Waals surface area contributed by atoms with Crippen molar-refractivity contribution in [2.45, 2.75) is 29.9 Å². The number of hydrogen-bond acceptors (Lipinski definition) is 6. The maximum atomic E-state index is 12.7. The van der Waals surface area contributed by atoms with Gasteiger partial charge < -0.3 is 14.0 Å². The van der Waals surface area contributed by atoms with Crippen LogP contribution in [0.1, 0.15) is 13.3 Å². The zero-order valence-corrected chi connectivity index (χ0v) is 24.7. The first-order chi connectivity index (χ1) is 18.4. The molecule has 0 atom stereocenters. The van der Waals surface area contributed by atoms with E-state index in [0.717, 1.165) is 56.6 Å². The summed E-state index contributed by atoms with van der Waals surface area (Å²) in [6.07, 6.45) is 0.922. The Morgan fingerprint density at radius 2 is 1.47 bits per heavy atom. The molecule has 0 bridgehead atoms. The van der Waals surface area contributed by atoms with E-state index in [-0.39, 0.29) is 11.4 Å². The molecule has 0 unspecified atom stereocenters. The summed E-state index contributed by atoms with van der Waals surface area (Å²) in [5.74, 6) is 2.09. The van der Waals surface area contributed by atoms with Crippen LogP contribution in [0.4, 0.5) is 0 Å². The quantitative estimate of drug-likeness (QED) is 0.145. The van der Waals surface area contributed by atoms with Gasteiger partial charge >= 0.3 is 0 Å². The average Bonchev–Trinajstić information content (AvgIpc) is 3.29. The van der Waals surface area contributed by atoms with E-state index in [9.17, 15) is 8.42 Å². The van der Waals surface area contributed by atoms with E-state index in [2.05, 4.69) is 32.1 Å². The van der Waals surface area contributed by atoms with Gasteiger partial charge in [-0.05, 0) is 79.2 Å². The van der Waals surface area contributed by atoms with Gasteiger partial charge in [-0.25, -0.2) is 18.1 Å². The van der Waals surface area contributed by atoms with Crippen molar-refractivity contribution in [1.82, 2.24) is 14.3 Å². The summed E-state index contributed by atoms with van der Waals surface area (Å²) in [4.78, 5) is 5.28. The van der Waals surface area contributed by atoms with Crippen molar-refractivity contribution < 1.29 is 17.9 Å². The molecule has 10 heteroatoms. The number of sulfonamides is 1. The van der Waals surface area contributed by atoms with Gasteiger partial charge in [-0.2, -0.15) is 0 Å². The standard InChI is InChI=1S/C28H30BrN3O4S2/c1-4-18-32-27(21-7-13-24(36-3)14-8-21)26(20-5-11-23(35-2)12-6-20)31-28(32)37-19-17-30-38(33,34)25-15-9-22(29)10-16-25/h5-16,30H,4,17-19H2,1-3H3. The Labute approximate surface area is 236 Å². The van der Waals surface area contributed by atoms with Crippen LogP contribution in [0.2, 0.25) is 0 Å². The highest BCUT2D eigenvalue weighted by atomic mass is 79.9. The predicted octanol–water partition coefficient (Wildman–Crippen LogP) is 6.48. The molecule has 0 spiro atoms. The summed E-state index contributed by atoms with van der Waals surface area (Å²) in [6, 6.07) is 22.4. The summed E-state index contributed by atoms with van der Waals surface area (Å²) in [5, 5.41) is 0.839. The molecule has 4 aromatic rings. The average molecular weight is 617 g/mol. The summed E-state index contributed by atoms with van der Waals surface area (Å²) >= 11 is 4.87. The lowest BCUT2D eigenvalue weighted by atomic mass is 10.0.